The predicted molar refractivity (Wildman–Crippen MR) is 82.9 cm³/mol. The smallest absolute Gasteiger partial charge is 0.0881 e. The highest BCUT2D eigenvalue weighted by Crippen LogP contribution is 2.26. The van der Waals surface area contributed by atoms with Crippen LogP contribution in [0.4, 0.5) is 0 Å². The summed E-state index contributed by atoms with van der Waals surface area (Å²) in [7, 11) is 2.00. The SMILES string of the molecule is CNCCC(c1ccccc1)n1ccc2ncccc21. The first-order valence-electron chi connectivity index (χ1n) is 7.01. The van der Waals surface area contributed by atoms with Gasteiger partial charge in [0.2, 0.25) is 0 Å². The number of benzene rings is 1. The van der Waals surface area contributed by atoms with Crippen molar-refractivity contribution in [2.45, 2.75) is 12.5 Å². The van der Waals surface area contributed by atoms with Gasteiger partial charge >= 0.3 is 0 Å². The molecule has 1 atom stereocenters. The van der Waals surface area contributed by atoms with E-state index < -0.39 is 0 Å². The van der Waals surface area contributed by atoms with E-state index in [9.17, 15) is 0 Å². The van der Waals surface area contributed by atoms with Gasteiger partial charge in [-0.1, -0.05) is 30.3 Å². The average molecular weight is 265 g/mol. The number of aromatic nitrogens is 2. The van der Waals surface area contributed by atoms with Gasteiger partial charge in [-0.3, -0.25) is 4.98 Å². The van der Waals surface area contributed by atoms with Crippen molar-refractivity contribution in [1.82, 2.24) is 14.9 Å². The lowest BCUT2D eigenvalue weighted by Gasteiger charge is -2.20. The third kappa shape index (κ3) is 2.45. The maximum Gasteiger partial charge on any atom is 0.0881 e. The number of hydrogen-bond donors (Lipinski definition) is 1. The quantitative estimate of drug-likeness (QED) is 0.767. The molecule has 0 amide bonds. The van der Waals surface area contributed by atoms with Crippen LogP contribution in [0.25, 0.3) is 11.0 Å². The molecule has 3 heteroatoms. The third-order valence-corrected chi connectivity index (χ3v) is 3.68. The number of nitrogens with zero attached hydrogens (tertiary/aromatic N) is 2. The second kappa shape index (κ2) is 5.88. The van der Waals surface area contributed by atoms with Crippen LogP contribution in [0.1, 0.15) is 18.0 Å². The first-order chi connectivity index (χ1) is 9.90. The molecule has 3 rings (SSSR count). The molecule has 1 N–H and O–H groups in total. The van der Waals surface area contributed by atoms with Gasteiger partial charge in [0, 0.05) is 12.4 Å². The molecule has 0 saturated heterocycles. The minimum atomic E-state index is 0.338. The van der Waals surface area contributed by atoms with E-state index in [0.29, 0.717) is 6.04 Å². The monoisotopic (exact) mass is 265 g/mol. The molecule has 1 unspecified atom stereocenters. The average Bonchev–Trinajstić information content (AvgIpc) is 2.93. The lowest BCUT2D eigenvalue weighted by molar-refractivity contribution is 0.539. The van der Waals surface area contributed by atoms with Crippen LogP contribution < -0.4 is 5.32 Å². The molecule has 0 radical (unpaired) electrons. The van der Waals surface area contributed by atoms with Crippen molar-refractivity contribution < 1.29 is 0 Å². The third-order valence-electron chi connectivity index (χ3n) is 3.68. The summed E-state index contributed by atoms with van der Waals surface area (Å²) in [6.07, 6.45) is 5.04. The van der Waals surface area contributed by atoms with Crippen molar-refractivity contribution >= 4 is 11.0 Å². The summed E-state index contributed by atoms with van der Waals surface area (Å²) in [5.41, 5.74) is 3.58. The van der Waals surface area contributed by atoms with Crippen molar-refractivity contribution in [3.8, 4) is 0 Å². The Hall–Kier alpha value is -2.13. The zero-order chi connectivity index (χ0) is 13.8. The van der Waals surface area contributed by atoms with Crippen LogP contribution in [0.15, 0.2) is 60.9 Å². The molecule has 0 aliphatic heterocycles. The number of fused-ring (bicyclic) bond motifs is 1. The fourth-order valence-corrected chi connectivity index (χ4v) is 2.68. The van der Waals surface area contributed by atoms with Crippen molar-refractivity contribution in [1.29, 1.82) is 0 Å². The number of rotatable bonds is 5. The second-order valence-electron chi connectivity index (χ2n) is 4.95. The molecular formula is C17H19N3. The molecular weight excluding hydrogens is 246 g/mol. The Bertz CT molecular complexity index is 673. The highest BCUT2D eigenvalue weighted by atomic mass is 15.0. The largest absolute Gasteiger partial charge is 0.339 e. The highest BCUT2D eigenvalue weighted by molar-refractivity contribution is 5.75. The maximum absolute atomic E-state index is 4.42. The van der Waals surface area contributed by atoms with Crippen LogP contribution in [-0.2, 0) is 0 Å². The minimum absolute atomic E-state index is 0.338. The topological polar surface area (TPSA) is 29.9 Å². The first kappa shape index (κ1) is 12.9. The van der Waals surface area contributed by atoms with Gasteiger partial charge < -0.3 is 9.88 Å². The van der Waals surface area contributed by atoms with E-state index >= 15 is 0 Å². The molecule has 2 heterocycles. The molecule has 2 aromatic heterocycles. The van der Waals surface area contributed by atoms with E-state index in [4.69, 9.17) is 0 Å². The number of nitrogens with one attached hydrogen (secondary N) is 1. The van der Waals surface area contributed by atoms with Gasteiger partial charge in [-0.05, 0) is 43.8 Å². The molecule has 0 fully saturated rings. The van der Waals surface area contributed by atoms with Gasteiger partial charge in [0.05, 0.1) is 17.1 Å². The Morgan fingerprint density at radius 2 is 1.95 bits per heavy atom. The summed E-state index contributed by atoms with van der Waals surface area (Å²) in [5.74, 6) is 0. The fourth-order valence-electron chi connectivity index (χ4n) is 2.68. The molecule has 3 aromatic rings. The first-order valence-corrected chi connectivity index (χ1v) is 7.01. The molecule has 3 nitrogen and oxygen atoms in total. The van der Waals surface area contributed by atoms with Crippen LogP contribution in [0, 0.1) is 0 Å². The van der Waals surface area contributed by atoms with Crippen LogP contribution in [0.3, 0.4) is 0 Å². The Morgan fingerprint density at radius 3 is 2.75 bits per heavy atom. The van der Waals surface area contributed by atoms with E-state index in [1.165, 1.54) is 11.1 Å². The zero-order valence-electron chi connectivity index (χ0n) is 11.7. The van der Waals surface area contributed by atoms with Gasteiger partial charge in [-0.15, -0.1) is 0 Å². The summed E-state index contributed by atoms with van der Waals surface area (Å²) >= 11 is 0. The summed E-state index contributed by atoms with van der Waals surface area (Å²) in [6, 6.07) is 17.2. The second-order valence-corrected chi connectivity index (χ2v) is 4.95. The summed E-state index contributed by atoms with van der Waals surface area (Å²) in [5, 5.41) is 3.25. The summed E-state index contributed by atoms with van der Waals surface area (Å²) in [4.78, 5) is 4.42. The summed E-state index contributed by atoms with van der Waals surface area (Å²) < 4.78 is 2.33. The van der Waals surface area contributed by atoms with Crippen LogP contribution in [0.5, 0.6) is 0 Å². The minimum Gasteiger partial charge on any atom is -0.339 e. The highest BCUT2D eigenvalue weighted by Gasteiger charge is 2.15. The van der Waals surface area contributed by atoms with Gasteiger partial charge in [-0.2, -0.15) is 0 Å². The van der Waals surface area contributed by atoms with Gasteiger partial charge in [0.15, 0.2) is 0 Å². The Morgan fingerprint density at radius 1 is 1.10 bits per heavy atom. The van der Waals surface area contributed by atoms with E-state index in [1.54, 1.807) is 0 Å². The molecule has 102 valence electrons. The van der Waals surface area contributed by atoms with Crippen LogP contribution in [0.2, 0.25) is 0 Å². The fraction of sp³-hybridized carbons (Fsp3) is 0.235. The van der Waals surface area contributed by atoms with Crippen LogP contribution in [-0.4, -0.2) is 23.1 Å². The van der Waals surface area contributed by atoms with Crippen molar-refractivity contribution in [3.05, 3.63) is 66.5 Å². The van der Waals surface area contributed by atoms with E-state index in [0.717, 1.165) is 18.5 Å². The van der Waals surface area contributed by atoms with Gasteiger partial charge in [0.25, 0.3) is 0 Å². The predicted octanol–water partition coefficient (Wildman–Crippen LogP) is 3.24. The van der Waals surface area contributed by atoms with Crippen molar-refractivity contribution in [3.63, 3.8) is 0 Å². The van der Waals surface area contributed by atoms with Gasteiger partial charge in [0.1, 0.15) is 0 Å². The normalized spacial score (nSPS) is 12.7. The maximum atomic E-state index is 4.42. The molecule has 0 aliphatic rings. The number of hydrogen-bond acceptors (Lipinski definition) is 2. The van der Waals surface area contributed by atoms with Gasteiger partial charge in [-0.25, -0.2) is 0 Å². The molecule has 1 aromatic carbocycles. The lowest BCUT2D eigenvalue weighted by atomic mass is 10.0. The van der Waals surface area contributed by atoms with Crippen molar-refractivity contribution in [2.75, 3.05) is 13.6 Å². The molecule has 0 aliphatic carbocycles. The molecule has 0 bridgehead atoms. The Kier molecular flexibility index (Phi) is 3.79. The zero-order valence-corrected chi connectivity index (χ0v) is 11.7. The Labute approximate surface area is 119 Å². The number of pyridine rings is 1. The van der Waals surface area contributed by atoms with E-state index in [-0.39, 0.29) is 0 Å². The Balaban J connectivity index is 2.05. The standard InChI is InChI=1S/C17H19N3/c1-18-12-9-16(14-6-3-2-4-7-14)20-13-10-15-17(20)8-5-11-19-15/h2-8,10-11,13,16,18H,9,12H2,1H3. The van der Waals surface area contributed by atoms with E-state index in [2.05, 4.69) is 63.5 Å². The van der Waals surface area contributed by atoms with E-state index in [1.807, 2.05) is 19.3 Å². The summed E-state index contributed by atoms with van der Waals surface area (Å²) in [6.45, 7) is 0.986. The lowest BCUT2D eigenvalue weighted by Crippen LogP contribution is -2.17. The molecule has 0 spiro atoms. The molecule has 0 saturated carbocycles. The van der Waals surface area contributed by atoms with Crippen LogP contribution >= 0.6 is 0 Å². The van der Waals surface area contributed by atoms with Crippen molar-refractivity contribution in [2.24, 2.45) is 0 Å². The molecule has 20 heavy (non-hydrogen) atoms.